The molecule has 4 heteroatoms. The van der Waals surface area contributed by atoms with Gasteiger partial charge in [0.25, 0.3) is 0 Å². The molecule has 1 unspecified atom stereocenters. The first-order valence-corrected chi connectivity index (χ1v) is 10.7. The Kier molecular flexibility index (Phi) is 8.14. The summed E-state index contributed by atoms with van der Waals surface area (Å²) in [5, 5.41) is 0. The molecule has 0 spiro atoms. The van der Waals surface area contributed by atoms with Crippen LogP contribution >= 0.6 is 0 Å². The summed E-state index contributed by atoms with van der Waals surface area (Å²) < 4.78 is 0. The Labute approximate surface area is 204 Å². The molecule has 2 aromatic carbocycles. The van der Waals surface area contributed by atoms with Gasteiger partial charge in [0, 0.05) is 48.8 Å². The van der Waals surface area contributed by atoms with Crippen molar-refractivity contribution in [3.05, 3.63) is 85.0 Å². The molecule has 3 aromatic rings. The average molecular weight is 623 g/mol. The summed E-state index contributed by atoms with van der Waals surface area (Å²) in [6, 6.07) is 21.2. The van der Waals surface area contributed by atoms with E-state index in [0.29, 0.717) is 0 Å². The number of aromatic nitrogens is 2. The molecule has 2 heterocycles. The number of hydrogen-bond acceptors (Lipinski definition) is 3. The van der Waals surface area contributed by atoms with Gasteiger partial charge in [-0.25, -0.2) is 9.97 Å². The Morgan fingerprint density at radius 1 is 1.00 bits per heavy atom. The van der Waals surface area contributed by atoms with Gasteiger partial charge in [-0.3, -0.25) is 0 Å². The van der Waals surface area contributed by atoms with Gasteiger partial charge < -0.3 is 11.8 Å². The maximum absolute atomic E-state index is 4.67. The number of hydrogen-bond donors (Lipinski definition) is 0. The van der Waals surface area contributed by atoms with Crippen LogP contribution in [0.25, 0.3) is 11.3 Å². The van der Waals surface area contributed by atoms with Crippen LogP contribution in [0.4, 0.5) is 5.82 Å². The molecule has 0 bridgehead atoms. The molecule has 1 aliphatic rings. The van der Waals surface area contributed by atoms with Gasteiger partial charge in [-0.15, -0.1) is 5.41 Å². The van der Waals surface area contributed by atoms with E-state index in [-0.39, 0.29) is 36.5 Å². The van der Waals surface area contributed by atoms with Crippen LogP contribution in [0.3, 0.4) is 0 Å². The summed E-state index contributed by atoms with van der Waals surface area (Å²) in [6.45, 7) is 8.82. The van der Waals surface area contributed by atoms with Crippen molar-refractivity contribution >= 4 is 5.82 Å². The Hall–Kier alpha value is -1.63. The van der Waals surface area contributed by atoms with Crippen LogP contribution in [-0.2, 0) is 6.42 Å². The first-order valence-electron chi connectivity index (χ1n) is 10.7. The number of aryl methyl sites for hydroxylation is 1. The monoisotopic (exact) mass is 622 g/mol. The van der Waals surface area contributed by atoms with E-state index in [4.69, 9.17) is 0 Å². The summed E-state index contributed by atoms with van der Waals surface area (Å²) >= 11 is 0. The van der Waals surface area contributed by atoms with Crippen LogP contribution in [0.1, 0.15) is 36.8 Å². The molecule has 0 aliphatic carbocycles. The molecule has 154 valence electrons. The quantitative estimate of drug-likeness (QED) is 0.321. The number of piperidine rings is 1. The molecule has 30 heavy (non-hydrogen) atoms. The third-order valence-electron chi connectivity index (χ3n) is 6.08. The molecule has 1 fully saturated rings. The van der Waals surface area contributed by atoms with E-state index in [1.54, 1.807) is 6.33 Å². The van der Waals surface area contributed by atoms with E-state index in [0.717, 1.165) is 48.6 Å². The summed E-state index contributed by atoms with van der Waals surface area (Å²) in [4.78, 5) is 11.7. The fourth-order valence-corrected chi connectivity index (χ4v) is 4.55. The number of rotatable bonds is 6. The second kappa shape index (κ2) is 10.6. The molecule has 1 aliphatic heterocycles. The van der Waals surface area contributed by atoms with Crippen LogP contribution in [0.15, 0.2) is 67.0 Å². The van der Waals surface area contributed by atoms with Crippen LogP contribution < -0.4 is 4.90 Å². The molecule has 1 atom stereocenters. The van der Waals surface area contributed by atoms with E-state index in [9.17, 15) is 0 Å². The fraction of sp³-hybridized carbons (Fsp3) is 0.346. The fourth-order valence-electron chi connectivity index (χ4n) is 4.55. The first-order chi connectivity index (χ1) is 14.1. The third-order valence-corrected chi connectivity index (χ3v) is 6.08. The average Bonchev–Trinajstić information content (AvgIpc) is 2.75. The Morgan fingerprint density at radius 3 is 2.43 bits per heavy atom. The summed E-state index contributed by atoms with van der Waals surface area (Å²) in [7, 11) is 0. The van der Waals surface area contributed by atoms with E-state index < -0.39 is 0 Å². The van der Waals surface area contributed by atoms with E-state index in [1.807, 2.05) is 6.07 Å². The maximum Gasteiger partial charge on any atom is 0.135 e. The summed E-state index contributed by atoms with van der Waals surface area (Å²) in [6.07, 6.45) is 7.52. The first kappa shape index (κ1) is 23.0. The molecular weight excluding hydrogens is 592 g/mol. The topological polar surface area (TPSA) is 29.0 Å². The van der Waals surface area contributed by atoms with Gasteiger partial charge in [0.15, 0.2) is 0 Å². The smallest absolute Gasteiger partial charge is 0.135 e. The van der Waals surface area contributed by atoms with Gasteiger partial charge in [0.05, 0.1) is 5.69 Å². The summed E-state index contributed by atoms with van der Waals surface area (Å²) in [5.74, 6) is 1.06. The molecule has 3 nitrogen and oxygen atoms in total. The van der Waals surface area contributed by atoms with Crippen molar-refractivity contribution in [2.24, 2.45) is 5.41 Å². The van der Waals surface area contributed by atoms with Crippen molar-refractivity contribution in [1.82, 2.24) is 9.97 Å². The largest absolute Gasteiger partial charge is 0.358 e. The van der Waals surface area contributed by atoms with Crippen molar-refractivity contribution in [2.45, 2.75) is 39.0 Å². The maximum atomic E-state index is 4.67. The number of anilines is 1. The van der Waals surface area contributed by atoms with Gasteiger partial charge in [0.1, 0.15) is 12.1 Å². The van der Waals surface area contributed by atoms with Crippen LogP contribution in [0.2, 0.25) is 0 Å². The van der Waals surface area contributed by atoms with Gasteiger partial charge in [-0.05, 0) is 31.9 Å². The number of nitrogens with zero attached hydrogens (tertiary/aromatic N) is 3. The predicted molar refractivity (Wildman–Crippen MR) is 121 cm³/mol. The van der Waals surface area contributed by atoms with Crippen molar-refractivity contribution < 1.29 is 31.1 Å². The normalized spacial score (nSPS) is 18.7. The Morgan fingerprint density at radius 2 is 1.70 bits per heavy atom. The molecular formula is C26H30N3U-. The van der Waals surface area contributed by atoms with Gasteiger partial charge >= 0.3 is 0 Å². The van der Waals surface area contributed by atoms with Gasteiger partial charge in [-0.2, -0.15) is 0 Å². The van der Waals surface area contributed by atoms with Crippen molar-refractivity contribution in [1.29, 1.82) is 0 Å². The zero-order chi connectivity index (χ0) is 20.1. The number of benzene rings is 2. The van der Waals surface area contributed by atoms with E-state index in [1.165, 1.54) is 24.8 Å². The van der Waals surface area contributed by atoms with Crippen molar-refractivity contribution in [2.75, 3.05) is 18.0 Å². The van der Waals surface area contributed by atoms with Crippen LogP contribution in [0.5, 0.6) is 0 Å². The standard InChI is InChI=1S/C26H30N3.U/c1-21-24(23-14-7-4-8-15-23)27-20-28-25(21)29-18-10-17-26(2,19-29)16-9-13-22-11-5-3-6-12-22;/h3-8,11-12,14-15,20H,2,9-10,13,16-19H2,1H3;/q-1;. The minimum Gasteiger partial charge on any atom is -0.358 e. The van der Waals surface area contributed by atoms with Crippen molar-refractivity contribution in [3.63, 3.8) is 0 Å². The van der Waals surface area contributed by atoms with Crippen LogP contribution in [0, 0.1) is 50.4 Å². The predicted octanol–water partition coefficient (Wildman–Crippen LogP) is 5.90. The SMILES string of the molecule is [CH2-]C1(CCCc2ccccc2)CCCN(c2ncnc(-c3ccccc3)c2C)C1.[U]. The molecule has 1 saturated heterocycles. The Bertz CT molecular complexity index is 930. The van der Waals surface area contributed by atoms with E-state index >= 15 is 0 Å². The second-order valence-electron chi connectivity index (χ2n) is 8.40. The molecule has 0 amide bonds. The van der Waals surface area contributed by atoms with E-state index in [2.05, 4.69) is 83.3 Å². The van der Waals surface area contributed by atoms with Crippen molar-refractivity contribution in [3.8, 4) is 11.3 Å². The van der Waals surface area contributed by atoms with Gasteiger partial charge in [0.2, 0.25) is 0 Å². The zero-order valence-corrected chi connectivity index (χ0v) is 22.0. The molecule has 0 N–H and O–H groups in total. The Balaban J connectivity index is 0.00000256. The molecule has 0 radical (unpaired) electrons. The van der Waals surface area contributed by atoms with Gasteiger partial charge in [-0.1, -0.05) is 79.9 Å². The molecule has 1 aromatic heterocycles. The van der Waals surface area contributed by atoms with Crippen LogP contribution in [-0.4, -0.2) is 23.1 Å². The third kappa shape index (κ3) is 5.54. The molecule has 4 rings (SSSR count). The summed E-state index contributed by atoms with van der Waals surface area (Å²) in [5.41, 5.74) is 4.85. The second-order valence-corrected chi connectivity index (χ2v) is 8.40. The molecule has 0 saturated carbocycles. The minimum atomic E-state index is 0. The zero-order valence-electron chi connectivity index (χ0n) is 17.8. The minimum absolute atomic E-state index is 0.